The molecule has 156 valence electrons. The lowest BCUT2D eigenvalue weighted by Crippen LogP contribution is -2.14. The Kier molecular flexibility index (Phi) is 6.32. The fraction of sp³-hybridized carbons (Fsp3) is 0.423. The van der Waals surface area contributed by atoms with E-state index >= 15 is 0 Å². The van der Waals surface area contributed by atoms with Gasteiger partial charge in [0.1, 0.15) is 5.75 Å². The molecule has 0 fully saturated rings. The number of aromatic hydroxyl groups is 1. The lowest BCUT2D eigenvalue weighted by Gasteiger charge is -2.24. The number of carbonyl (C=O) groups is 1. The molecule has 0 unspecified atom stereocenters. The smallest absolute Gasteiger partial charge is 0.331 e. The van der Waals surface area contributed by atoms with Gasteiger partial charge in [-0.1, -0.05) is 83.0 Å². The van der Waals surface area contributed by atoms with Crippen LogP contribution in [0.3, 0.4) is 0 Å². The van der Waals surface area contributed by atoms with E-state index in [9.17, 15) is 15.0 Å². The maximum atomic E-state index is 12.1. The van der Waals surface area contributed by atoms with E-state index in [0.717, 1.165) is 27.8 Å². The molecule has 0 aromatic heterocycles. The number of aliphatic carboxylic acids is 1. The molecule has 0 atom stereocenters. The van der Waals surface area contributed by atoms with Gasteiger partial charge in [0.2, 0.25) is 0 Å². The first-order chi connectivity index (χ1) is 13.2. The van der Waals surface area contributed by atoms with Gasteiger partial charge >= 0.3 is 5.97 Å². The van der Waals surface area contributed by atoms with Crippen LogP contribution in [0, 0.1) is 13.8 Å². The fourth-order valence-electron chi connectivity index (χ4n) is 3.59. The summed E-state index contributed by atoms with van der Waals surface area (Å²) in [5, 5.41) is 20.7. The molecular weight excluding hydrogens is 360 g/mol. The van der Waals surface area contributed by atoms with E-state index in [1.807, 2.05) is 58.9 Å². The van der Waals surface area contributed by atoms with Gasteiger partial charge in [0.15, 0.2) is 0 Å². The number of aryl methyl sites for hydroxylation is 2. The van der Waals surface area contributed by atoms with E-state index in [2.05, 4.69) is 26.8 Å². The van der Waals surface area contributed by atoms with Crippen LogP contribution in [0.5, 0.6) is 5.75 Å². The molecule has 0 spiro atoms. The fourth-order valence-corrected chi connectivity index (χ4v) is 3.59. The van der Waals surface area contributed by atoms with Crippen molar-refractivity contribution < 1.29 is 15.0 Å². The second-order valence-electron chi connectivity index (χ2n) is 10.1. The molecule has 3 heteroatoms. The molecule has 0 saturated heterocycles. The van der Waals surface area contributed by atoms with Crippen molar-refractivity contribution in [1.82, 2.24) is 0 Å². The van der Waals surface area contributed by atoms with Crippen molar-refractivity contribution in [3.63, 3.8) is 0 Å². The third-order valence-corrected chi connectivity index (χ3v) is 5.14. The average molecular weight is 395 g/mol. The van der Waals surface area contributed by atoms with Gasteiger partial charge in [0, 0.05) is 12.0 Å². The molecule has 0 bridgehead atoms. The maximum Gasteiger partial charge on any atom is 0.331 e. The Morgan fingerprint density at radius 3 is 1.97 bits per heavy atom. The van der Waals surface area contributed by atoms with Crippen LogP contribution in [0.4, 0.5) is 0 Å². The Balaban J connectivity index is 2.59. The summed E-state index contributed by atoms with van der Waals surface area (Å²) in [4.78, 5) is 12.1. The number of benzene rings is 2. The number of carboxylic acid groups (broad SMARTS) is 1. The number of hydrogen-bond donors (Lipinski definition) is 2. The minimum atomic E-state index is -0.969. The highest BCUT2D eigenvalue weighted by molar-refractivity contribution is 5.93. The van der Waals surface area contributed by atoms with E-state index in [4.69, 9.17) is 0 Å². The number of rotatable bonds is 4. The van der Waals surface area contributed by atoms with Gasteiger partial charge in [-0.25, -0.2) is 4.79 Å². The predicted octanol–water partition coefficient (Wildman–Crippen LogP) is 6.31. The summed E-state index contributed by atoms with van der Waals surface area (Å²) >= 11 is 0. The zero-order valence-corrected chi connectivity index (χ0v) is 19.0. The Morgan fingerprint density at radius 1 is 0.897 bits per heavy atom. The molecule has 0 saturated carbocycles. The summed E-state index contributed by atoms with van der Waals surface area (Å²) in [6.07, 6.45) is 1.92. The second kappa shape index (κ2) is 8.06. The molecule has 2 N–H and O–H groups in total. The normalized spacial score (nSPS) is 12.9. The molecule has 0 heterocycles. The van der Waals surface area contributed by atoms with Crippen molar-refractivity contribution in [3.05, 3.63) is 69.3 Å². The first-order valence-corrected chi connectivity index (χ1v) is 10.1. The van der Waals surface area contributed by atoms with Gasteiger partial charge in [0.25, 0.3) is 0 Å². The monoisotopic (exact) mass is 394 g/mol. The van der Waals surface area contributed by atoms with Crippen molar-refractivity contribution >= 4 is 12.0 Å². The minimum absolute atomic E-state index is 0.105. The van der Waals surface area contributed by atoms with Crippen LogP contribution in [0.2, 0.25) is 0 Å². The molecular formula is C26H34O3. The molecule has 2 aromatic carbocycles. The van der Waals surface area contributed by atoms with E-state index in [1.165, 1.54) is 0 Å². The van der Waals surface area contributed by atoms with E-state index in [-0.39, 0.29) is 28.6 Å². The van der Waals surface area contributed by atoms with Gasteiger partial charge in [-0.2, -0.15) is 0 Å². The van der Waals surface area contributed by atoms with Crippen molar-refractivity contribution in [2.45, 2.75) is 72.6 Å². The highest BCUT2D eigenvalue weighted by Crippen LogP contribution is 2.36. The van der Waals surface area contributed by atoms with Crippen LogP contribution in [0.25, 0.3) is 6.08 Å². The SMILES string of the molecule is Cc1ccc(C=C(Cc2cc(C)cc(C(C)(C)C)c2O)C(=O)O)c(C(C)(C)C)c1. The first-order valence-electron chi connectivity index (χ1n) is 10.1. The van der Waals surface area contributed by atoms with Gasteiger partial charge in [-0.15, -0.1) is 0 Å². The summed E-state index contributed by atoms with van der Waals surface area (Å²) in [6.45, 7) is 16.5. The van der Waals surface area contributed by atoms with Crippen molar-refractivity contribution in [2.75, 3.05) is 0 Å². The summed E-state index contributed by atoms with van der Waals surface area (Å²) in [7, 11) is 0. The zero-order valence-electron chi connectivity index (χ0n) is 19.0. The zero-order chi connectivity index (χ0) is 22.1. The summed E-state index contributed by atoms with van der Waals surface area (Å²) in [6, 6.07) is 9.95. The van der Waals surface area contributed by atoms with Gasteiger partial charge in [0.05, 0.1) is 0 Å². The Bertz CT molecular complexity index is 951. The van der Waals surface area contributed by atoms with Gasteiger partial charge < -0.3 is 10.2 Å². The summed E-state index contributed by atoms with van der Waals surface area (Å²) in [5.41, 5.74) is 5.59. The first kappa shape index (κ1) is 22.7. The second-order valence-corrected chi connectivity index (χ2v) is 10.1. The van der Waals surface area contributed by atoms with Gasteiger partial charge in [-0.3, -0.25) is 0 Å². The molecule has 0 aliphatic heterocycles. The van der Waals surface area contributed by atoms with Crippen LogP contribution in [-0.4, -0.2) is 16.2 Å². The largest absolute Gasteiger partial charge is 0.507 e. The maximum absolute atomic E-state index is 12.1. The van der Waals surface area contributed by atoms with Crippen molar-refractivity contribution in [1.29, 1.82) is 0 Å². The third kappa shape index (κ3) is 5.50. The molecule has 2 rings (SSSR count). The number of phenols is 1. The molecule has 0 aliphatic carbocycles. The third-order valence-electron chi connectivity index (χ3n) is 5.14. The lowest BCUT2D eigenvalue weighted by molar-refractivity contribution is -0.132. The highest BCUT2D eigenvalue weighted by atomic mass is 16.4. The van der Waals surface area contributed by atoms with Crippen molar-refractivity contribution in [2.24, 2.45) is 0 Å². The van der Waals surface area contributed by atoms with Crippen LogP contribution < -0.4 is 0 Å². The van der Waals surface area contributed by atoms with Crippen LogP contribution in [0.15, 0.2) is 35.9 Å². The standard InChI is InChI=1S/C26H34O3/c1-16-9-10-18(21(12-16)25(3,4)5)14-20(24(28)29)15-19-11-17(2)13-22(23(19)27)26(6,7)8/h9-14,27H,15H2,1-8H3,(H,28,29). The number of carboxylic acids is 1. The Morgan fingerprint density at radius 2 is 1.45 bits per heavy atom. The van der Waals surface area contributed by atoms with Gasteiger partial charge in [-0.05, 0) is 53.0 Å². The van der Waals surface area contributed by atoms with E-state index < -0.39 is 5.97 Å². The predicted molar refractivity (Wildman–Crippen MR) is 121 cm³/mol. The number of phenolic OH excluding ortho intramolecular Hbond substituents is 1. The Hall–Kier alpha value is -2.55. The molecule has 0 radical (unpaired) electrons. The van der Waals surface area contributed by atoms with Crippen LogP contribution in [0.1, 0.15) is 74.9 Å². The summed E-state index contributed by atoms with van der Waals surface area (Å²) in [5.74, 6) is -0.779. The quantitative estimate of drug-likeness (QED) is 0.597. The Labute approximate surface area is 175 Å². The average Bonchev–Trinajstić information content (AvgIpc) is 2.56. The molecule has 3 nitrogen and oxygen atoms in total. The highest BCUT2D eigenvalue weighted by Gasteiger charge is 2.23. The molecule has 0 amide bonds. The van der Waals surface area contributed by atoms with Crippen molar-refractivity contribution in [3.8, 4) is 5.75 Å². The van der Waals surface area contributed by atoms with E-state index in [1.54, 1.807) is 6.08 Å². The topological polar surface area (TPSA) is 57.5 Å². The lowest BCUT2D eigenvalue weighted by atomic mass is 9.81. The molecule has 29 heavy (non-hydrogen) atoms. The van der Waals surface area contributed by atoms with E-state index in [0.29, 0.717) is 5.56 Å². The molecule has 0 aliphatic rings. The minimum Gasteiger partial charge on any atom is -0.507 e. The summed E-state index contributed by atoms with van der Waals surface area (Å²) < 4.78 is 0. The molecule has 2 aromatic rings. The number of hydrogen-bond acceptors (Lipinski definition) is 2. The van der Waals surface area contributed by atoms with Crippen LogP contribution in [-0.2, 0) is 22.0 Å². The van der Waals surface area contributed by atoms with Crippen LogP contribution >= 0.6 is 0 Å².